The van der Waals surface area contributed by atoms with Crippen LogP contribution in [0.4, 0.5) is 0 Å². The van der Waals surface area contributed by atoms with Crippen LogP contribution in [0.15, 0.2) is 12.2 Å². The van der Waals surface area contributed by atoms with Crippen molar-refractivity contribution in [1.82, 2.24) is 5.32 Å². The highest BCUT2D eigenvalue weighted by Crippen LogP contribution is 2.18. The smallest absolute Gasteiger partial charge is 0.0300 e. The summed E-state index contributed by atoms with van der Waals surface area (Å²) in [6, 6.07) is 0.588. The Kier molecular flexibility index (Phi) is 1.91. The van der Waals surface area contributed by atoms with Crippen LogP contribution in [0.25, 0.3) is 0 Å². The molecule has 9 heavy (non-hydrogen) atoms. The lowest BCUT2D eigenvalue weighted by atomic mass is 9.98. The van der Waals surface area contributed by atoms with E-state index in [0.717, 1.165) is 5.92 Å². The average molecular weight is 125 g/mol. The van der Waals surface area contributed by atoms with Gasteiger partial charge in [-0.2, -0.15) is 0 Å². The molecule has 0 bridgehead atoms. The van der Waals surface area contributed by atoms with Crippen LogP contribution < -0.4 is 5.32 Å². The Morgan fingerprint density at radius 3 is 2.56 bits per heavy atom. The first-order chi connectivity index (χ1) is 4.22. The average Bonchev–Trinajstić information content (AvgIpc) is 2.13. The van der Waals surface area contributed by atoms with E-state index in [1.165, 1.54) is 18.5 Å². The second-order valence-electron chi connectivity index (χ2n) is 3.04. The molecule has 1 N–H and O–H groups in total. The monoisotopic (exact) mass is 125 g/mol. The van der Waals surface area contributed by atoms with Crippen LogP contribution in [-0.4, -0.2) is 12.6 Å². The molecule has 52 valence electrons. The van der Waals surface area contributed by atoms with Crippen LogP contribution in [-0.2, 0) is 0 Å². The molecular formula is C8H15N. The van der Waals surface area contributed by atoms with Crippen molar-refractivity contribution in [3.05, 3.63) is 12.2 Å². The van der Waals surface area contributed by atoms with Gasteiger partial charge in [-0.15, -0.1) is 0 Å². The molecule has 1 aliphatic rings. The summed E-state index contributed by atoms with van der Waals surface area (Å²) in [5.74, 6) is 0.794. The zero-order valence-corrected chi connectivity index (χ0v) is 6.28. The fourth-order valence-electron chi connectivity index (χ4n) is 1.49. The Bertz CT molecular complexity index is 118. The van der Waals surface area contributed by atoms with E-state index in [2.05, 4.69) is 25.7 Å². The SMILES string of the molecule is C=C(C)[C@H]1NCC[C@H]1C. The van der Waals surface area contributed by atoms with E-state index in [1.807, 2.05) is 0 Å². The topological polar surface area (TPSA) is 12.0 Å². The molecule has 0 unspecified atom stereocenters. The number of hydrogen-bond acceptors (Lipinski definition) is 1. The van der Waals surface area contributed by atoms with E-state index in [0.29, 0.717) is 6.04 Å². The van der Waals surface area contributed by atoms with E-state index in [4.69, 9.17) is 0 Å². The van der Waals surface area contributed by atoms with Gasteiger partial charge in [-0.3, -0.25) is 0 Å². The maximum absolute atomic E-state index is 3.93. The third-order valence-electron chi connectivity index (χ3n) is 2.06. The van der Waals surface area contributed by atoms with Gasteiger partial charge in [0, 0.05) is 6.04 Å². The molecule has 2 atom stereocenters. The summed E-state index contributed by atoms with van der Waals surface area (Å²) in [4.78, 5) is 0. The first kappa shape index (κ1) is 6.81. The van der Waals surface area contributed by atoms with Gasteiger partial charge in [-0.1, -0.05) is 19.1 Å². The van der Waals surface area contributed by atoms with Crippen molar-refractivity contribution in [1.29, 1.82) is 0 Å². The fourth-order valence-corrected chi connectivity index (χ4v) is 1.49. The quantitative estimate of drug-likeness (QED) is 0.524. The molecule has 1 heteroatoms. The molecule has 0 aliphatic carbocycles. The summed E-state index contributed by atoms with van der Waals surface area (Å²) in [5, 5.41) is 3.41. The van der Waals surface area contributed by atoms with Crippen molar-refractivity contribution in [2.24, 2.45) is 5.92 Å². The molecule has 0 radical (unpaired) electrons. The van der Waals surface area contributed by atoms with E-state index < -0.39 is 0 Å². The van der Waals surface area contributed by atoms with E-state index in [1.54, 1.807) is 0 Å². The molecular weight excluding hydrogens is 110 g/mol. The number of hydrogen-bond donors (Lipinski definition) is 1. The molecule has 1 heterocycles. The minimum Gasteiger partial charge on any atom is -0.310 e. The summed E-state index contributed by atoms with van der Waals surface area (Å²) < 4.78 is 0. The van der Waals surface area contributed by atoms with Gasteiger partial charge in [0.25, 0.3) is 0 Å². The van der Waals surface area contributed by atoms with Crippen molar-refractivity contribution in [2.45, 2.75) is 26.3 Å². The lowest BCUT2D eigenvalue weighted by Crippen LogP contribution is -2.26. The van der Waals surface area contributed by atoms with Gasteiger partial charge < -0.3 is 5.32 Å². The van der Waals surface area contributed by atoms with E-state index in [-0.39, 0.29) is 0 Å². The highest BCUT2D eigenvalue weighted by molar-refractivity contribution is 5.06. The predicted molar refractivity (Wildman–Crippen MR) is 40.4 cm³/mol. The summed E-state index contributed by atoms with van der Waals surface area (Å²) in [7, 11) is 0. The minimum atomic E-state index is 0.588. The third kappa shape index (κ3) is 1.33. The van der Waals surface area contributed by atoms with Crippen molar-refractivity contribution >= 4 is 0 Å². The van der Waals surface area contributed by atoms with Crippen LogP contribution in [0.2, 0.25) is 0 Å². The molecule has 1 fully saturated rings. The van der Waals surface area contributed by atoms with Gasteiger partial charge in [-0.25, -0.2) is 0 Å². The molecule has 1 aliphatic heterocycles. The number of rotatable bonds is 1. The minimum absolute atomic E-state index is 0.588. The Hall–Kier alpha value is -0.300. The Morgan fingerprint density at radius 2 is 2.33 bits per heavy atom. The second kappa shape index (κ2) is 2.53. The fraction of sp³-hybridized carbons (Fsp3) is 0.750. The molecule has 1 rings (SSSR count). The largest absolute Gasteiger partial charge is 0.310 e. The van der Waals surface area contributed by atoms with Crippen molar-refractivity contribution in [3.63, 3.8) is 0 Å². The summed E-state index contributed by atoms with van der Waals surface area (Å²) in [5.41, 5.74) is 1.28. The predicted octanol–water partition coefficient (Wildman–Crippen LogP) is 1.56. The molecule has 0 aromatic heterocycles. The highest BCUT2D eigenvalue weighted by atomic mass is 14.9. The summed E-state index contributed by atoms with van der Waals surface area (Å²) in [6.45, 7) is 9.46. The maximum atomic E-state index is 3.93. The Balaban J connectivity index is 2.49. The third-order valence-corrected chi connectivity index (χ3v) is 2.06. The van der Waals surface area contributed by atoms with Gasteiger partial charge >= 0.3 is 0 Å². The highest BCUT2D eigenvalue weighted by Gasteiger charge is 2.22. The molecule has 0 amide bonds. The Morgan fingerprint density at radius 1 is 1.67 bits per heavy atom. The van der Waals surface area contributed by atoms with Gasteiger partial charge in [0.15, 0.2) is 0 Å². The maximum Gasteiger partial charge on any atom is 0.0300 e. The van der Waals surface area contributed by atoms with Crippen LogP contribution in [0.5, 0.6) is 0 Å². The molecule has 1 nitrogen and oxygen atoms in total. The normalized spacial score (nSPS) is 34.9. The zero-order chi connectivity index (χ0) is 6.85. The lowest BCUT2D eigenvalue weighted by Gasteiger charge is -2.14. The number of nitrogens with one attached hydrogen (secondary N) is 1. The van der Waals surface area contributed by atoms with Gasteiger partial charge in [-0.05, 0) is 25.8 Å². The summed E-state index contributed by atoms with van der Waals surface area (Å²) >= 11 is 0. The zero-order valence-electron chi connectivity index (χ0n) is 6.28. The standard InChI is InChI=1S/C8H15N/c1-6(2)8-7(3)4-5-9-8/h7-9H,1,4-5H2,2-3H3/t7-,8-/m1/s1. The van der Waals surface area contributed by atoms with Crippen LogP contribution in [0.3, 0.4) is 0 Å². The molecule has 0 saturated carbocycles. The Labute approximate surface area is 57.1 Å². The molecule has 0 aromatic rings. The van der Waals surface area contributed by atoms with Crippen molar-refractivity contribution in [2.75, 3.05) is 6.54 Å². The van der Waals surface area contributed by atoms with Crippen LogP contribution in [0, 0.1) is 5.92 Å². The first-order valence-electron chi connectivity index (χ1n) is 3.60. The van der Waals surface area contributed by atoms with Gasteiger partial charge in [0.1, 0.15) is 0 Å². The van der Waals surface area contributed by atoms with Crippen LogP contribution >= 0.6 is 0 Å². The molecule has 0 aromatic carbocycles. The van der Waals surface area contributed by atoms with E-state index >= 15 is 0 Å². The van der Waals surface area contributed by atoms with Gasteiger partial charge in [0.2, 0.25) is 0 Å². The lowest BCUT2D eigenvalue weighted by molar-refractivity contribution is 0.540. The summed E-state index contributed by atoms with van der Waals surface area (Å²) in [6.07, 6.45) is 1.30. The molecule has 0 spiro atoms. The second-order valence-corrected chi connectivity index (χ2v) is 3.04. The van der Waals surface area contributed by atoms with Crippen LogP contribution in [0.1, 0.15) is 20.3 Å². The molecule has 1 saturated heterocycles. The van der Waals surface area contributed by atoms with Crippen molar-refractivity contribution < 1.29 is 0 Å². The van der Waals surface area contributed by atoms with Gasteiger partial charge in [0.05, 0.1) is 0 Å². The van der Waals surface area contributed by atoms with Crippen molar-refractivity contribution in [3.8, 4) is 0 Å². The van der Waals surface area contributed by atoms with E-state index in [9.17, 15) is 0 Å². The first-order valence-corrected chi connectivity index (χ1v) is 3.60.